The lowest BCUT2D eigenvalue weighted by Gasteiger charge is -2.40. The van der Waals surface area contributed by atoms with Crippen molar-refractivity contribution in [3.8, 4) is 0 Å². The van der Waals surface area contributed by atoms with E-state index in [9.17, 15) is 4.79 Å². The molecule has 3 aliphatic rings. The maximum absolute atomic E-state index is 13.1. The molecule has 5 rings (SSSR count). The van der Waals surface area contributed by atoms with Crippen LogP contribution in [0.5, 0.6) is 0 Å². The Balaban J connectivity index is 0.00000192. The van der Waals surface area contributed by atoms with Gasteiger partial charge in [0, 0.05) is 30.2 Å². The van der Waals surface area contributed by atoms with E-state index in [1.54, 1.807) is 0 Å². The molecule has 2 aliphatic carbocycles. The number of hydrogen-bond acceptors (Lipinski definition) is 5. The number of piperidine rings is 1. The van der Waals surface area contributed by atoms with Gasteiger partial charge < -0.3 is 10.6 Å². The molecule has 0 bridgehead atoms. The summed E-state index contributed by atoms with van der Waals surface area (Å²) in [6, 6.07) is 0.614. The largest absolute Gasteiger partial charge is 0.336 e. The molecule has 1 amide bonds. The maximum Gasteiger partial charge on any atom is 0.276 e. The van der Waals surface area contributed by atoms with E-state index in [1.165, 1.54) is 11.3 Å². The predicted molar refractivity (Wildman–Crippen MR) is 106 cm³/mol. The standard InChI is InChI=1S/C19H27N7O.ClH/c20-14-2-4-15(5-3-14)26-11-16(22-24-26)18(27)25-9-1-7-19(12-25)8-6-13-10-21-23-17(13)19;/h10-11,14-15H,1-9,12,20H2,(H,21,23);1H. The van der Waals surface area contributed by atoms with E-state index in [0.29, 0.717) is 17.8 Å². The van der Waals surface area contributed by atoms with Crippen molar-refractivity contribution in [3.05, 3.63) is 29.3 Å². The highest BCUT2D eigenvalue weighted by molar-refractivity contribution is 5.92. The average molecular weight is 406 g/mol. The van der Waals surface area contributed by atoms with Crippen LogP contribution in [0.15, 0.2) is 12.4 Å². The van der Waals surface area contributed by atoms with Gasteiger partial charge >= 0.3 is 0 Å². The molecule has 8 nitrogen and oxygen atoms in total. The first kappa shape index (κ1) is 19.4. The second-order valence-electron chi connectivity index (χ2n) is 8.53. The molecule has 1 saturated carbocycles. The number of fused-ring (bicyclic) bond motifs is 2. The number of halogens is 1. The van der Waals surface area contributed by atoms with Gasteiger partial charge in [0.2, 0.25) is 0 Å². The summed E-state index contributed by atoms with van der Waals surface area (Å²) in [5, 5.41) is 15.9. The number of amides is 1. The van der Waals surface area contributed by atoms with Gasteiger partial charge in [0.15, 0.2) is 5.69 Å². The molecule has 2 aromatic heterocycles. The molecule has 2 fully saturated rings. The highest BCUT2D eigenvalue weighted by Gasteiger charge is 2.44. The molecule has 1 spiro atoms. The van der Waals surface area contributed by atoms with E-state index in [4.69, 9.17) is 5.73 Å². The number of carbonyl (C=O) groups is 1. The van der Waals surface area contributed by atoms with Gasteiger partial charge in [0.1, 0.15) is 0 Å². The molecule has 1 aliphatic heterocycles. The zero-order valence-corrected chi connectivity index (χ0v) is 16.8. The average Bonchev–Trinajstić information content (AvgIpc) is 3.41. The summed E-state index contributed by atoms with van der Waals surface area (Å²) in [5.41, 5.74) is 9.04. The van der Waals surface area contributed by atoms with Gasteiger partial charge in [-0.15, -0.1) is 17.5 Å². The Morgan fingerprint density at radius 1 is 1.25 bits per heavy atom. The molecule has 28 heavy (non-hydrogen) atoms. The highest BCUT2D eigenvalue weighted by Crippen LogP contribution is 2.44. The molecule has 152 valence electrons. The Morgan fingerprint density at radius 2 is 2.07 bits per heavy atom. The van der Waals surface area contributed by atoms with Crippen LogP contribution >= 0.6 is 12.4 Å². The first-order valence-electron chi connectivity index (χ1n) is 10.1. The number of rotatable bonds is 2. The number of aryl methyl sites for hydroxylation is 1. The number of aromatic amines is 1. The van der Waals surface area contributed by atoms with Crippen LogP contribution in [0.2, 0.25) is 0 Å². The van der Waals surface area contributed by atoms with Crippen LogP contribution < -0.4 is 5.73 Å². The minimum Gasteiger partial charge on any atom is -0.336 e. The lowest BCUT2D eigenvalue weighted by atomic mass is 9.77. The number of aromatic nitrogens is 5. The Kier molecular flexibility index (Phi) is 5.18. The number of carbonyl (C=O) groups excluding carboxylic acids is 1. The third-order valence-corrected chi connectivity index (χ3v) is 6.83. The quantitative estimate of drug-likeness (QED) is 0.794. The fourth-order valence-electron chi connectivity index (χ4n) is 5.25. The second-order valence-corrected chi connectivity index (χ2v) is 8.53. The molecule has 3 heterocycles. The smallest absolute Gasteiger partial charge is 0.276 e. The lowest BCUT2D eigenvalue weighted by molar-refractivity contribution is 0.0627. The van der Waals surface area contributed by atoms with Crippen LogP contribution in [0.25, 0.3) is 0 Å². The van der Waals surface area contributed by atoms with Crippen LogP contribution in [0.3, 0.4) is 0 Å². The van der Waals surface area contributed by atoms with Crippen molar-refractivity contribution in [1.82, 2.24) is 30.1 Å². The molecule has 1 atom stereocenters. The van der Waals surface area contributed by atoms with Crippen LogP contribution in [-0.4, -0.2) is 55.1 Å². The molecule has 0 aromatic carbocycles. The molecule has 0 radical (unpaired) electrons. The van der Waals surface area contributed by atoms with E-state index in [1.807, 2.05) is 22.0 Å². The number of H-pyrrole nitrogens is 1. The minimum absolute atomic E-state index is 0. The van der Waals surface area contributed by atoms with Crippen LogP contribution in [0.1, 0.15) is 72.7 Å². The Morgan fingerprint density at radius 3 is 2.89 bits per heavy atom. The van der Waals surface area contributed by atoms with Gasteiger partial charge in [0.05, 0.1) is 18.4 Å². The number of hydrogen-bond donors (Lipinski definition) is 2. The molecule has 9 heteroatoms. The summed E-state index contributed by atoms with van der Waals surface area (Å²) in [6.07, 6.45) is 12.1. The Hall–Kier alpha value is -1.93. The van der Waals surface area contributed by atoms with Crippen LogP contribution in [-0.2, 0) is 11.8 Å². The van der Waals surface area contributed by atoms with Gasteiger partial charge in [-0.2, -0.15) is 5.10 Å². The second kappa shape index (κ2) is 7.48. The van der Waals surface area contributed by atoms with Crippen LogP contribution in [0, 0.1) is 0 Å². The predicted octanol–water partition coefficient (Wildman–Crippen LogP) is 1.99. The zero-order valence-electron chi connectivity index (χ0n) is 16.0. The van der Waals surface area contributed by atoms with Crippen molar-refractivity contribution in [2.24, 2.45) is 5.73 Å². The fraction of sp³-hybridized carbons (Fsp3) is 0.684. The molecule has 1 unspecified atom stereocenters. The fourth-order valence-corrected chi connectivity index (χ4v) is 5.25. The van der Waals surface area contributed by atoms with Gasteiger partial charge in [0.25, 0.3) is 5.91 Å². The monoisotopic (exact) mass is 405 g/mol. The lowest BCUT2D eigenvalue weighted by Crippen LogP contribution is -2.48. The van der Waals surface area contributed by atoms with E-state index in [2.05, 4.69) is 20.5 Å². The first-order valence-corrected chi connectivity index (χ1v) is 10.1. The van der Waals surface area contributed by atoms with Crippen molar-refractivity contribution in [2.75, 3.05) is 13.1 Å². The summed E-state index contributed by atoms with van der Waals surface area (Å²) in [7, 11) is 0. The van der Waals surface area contributed by atoms with Crippen molar-refractivity contribution >= 4 is 18.3 Å². The summed E-state index contributed by atoms with van der Waals surface area (Å²) in [6.45, 7) is 1.53. The van der Waals surface area contributed by atoms with E-state index < -0.39 is 0 Å². The van der Waals surface area contributed by atoms with Crippen LogP contribution in [0.4, 0.5) is 0 Å². The number of likely N-dealkylation sites (tertiary alicyclic amines) is 1. The summed E-state index contributed by atoms with van der Waals surface area (Å²) >= 11 is 0. The first-order chi connectivity index (χ1) is 13.1. The van der Waals surface area contributed by atoms with E-state index in [-0.39, 0.29) is 23.7 Å². The third kappa shape index (κ3) is 3.22. The van der Waals surface area contributed by atoms with Crippen molar-refractivity contribution < 1.29 is 4.79 Å². The maximum atomic E-state index is 13.1. The zero-order chi connectivity index (χ0) is 18.4. The number of nitrogens with one attached hydrogen (secondary N) is 1. The van der Waals surface area contributed by atoms with Gasteiger partial charge in [-0.3, -0.25) is 9.89 Å². The molecule has 1 saturated heterocycles. The molecule has 2 aromatic rings. The third-order valence-electron chi connectivity index (χ3n) is 6.83. The Labute approximate surface area is 170 Å². The molecular formula is C19H28ClN7O. The van der Waals surface area contributed by atoms with Crippen molar-refractivity contribution in [1.29, 1.82) is 0 Å². The number of nitrogens with two attached hydrogens (primary N) is 1. The van der Waals surface area contributed by atoms with Crippen molar-refractivity contribution in [2.45, 2.75) is 68.9 Å². The van der Waals surface area contributed by atoms with Crippen molar-refractivity contribution in [3.63, 3.8) is 0 Å². The molecular weight excluding hydrogens is 378 g/mol. The highest BCUT2D eigenvalue weighted by atomic mass is 35.5. The van der Waals surface area contributed by atoms with E-state index in [0.717, 1.165) is 64.5 Å². The normalized spacial score (nSPS) is 29.5. The van der Waals surface area contributed by atoms with Gasteiger partial charge in [-0.1, -0.05) is 5.21 Å². The summed E-state index contributed by atoms with van der Waals surface area (Å²) in [4.78, 5) is 15.1. The number of nitrogens with zero attached hydrogens (tertiary/aromatic N) is 5. The van der Waals surface area contributed by atoms with Gasteiger partial charge in [-0.25, -0.2) is 4.68 Å². The SMILES string of the molecule is Cl.NC1CCC(n2cc(C(=O)N3CCCC4(CCc5cn[nH]c54)C3)nn2)CC1. The molecule has 3 N–H and O–H groups in total. The minimum atomic E-state index is 0. The summed E-state index contributed by atoms with van der Waals surface area (Å²) in [5.74, 6) is 0.000742. The van der Waals surface area contributed by atoms with Gasteiger partial charge in [-0.05, 0) is 56.9 Å². The van der Waals surface area contributed by atoms with E-state index >= 15 is 0 Å². The summed E-state index contributed by atoms with van der Waals surface area (Å²) < 4.78 is 1.88. The Bertz CT molecular complexity index is 841. The topological polar surface area (TPSA) is 106 Å².